The number of Topliss-reactive ketones (excluding diaryl/α,β-unsaturated/α-hetero) is 4. The maximum atomic E-state index is 14.0. The van der Waals surface area contributed by atoms with Gasteiger partial charge in [0.2, 0.25) is 11.6 Å². The fourth-order valence-corrected chi connectivity index (χ4v) is 13.2. The molecule has 80 heavy (non-hydrogen) atoms. The van der Waals surface area contributed by atoms with Crippen molar-refractivity contribution in [2.45, 2.75) is 89.1 Å². The molecule has 2 fully saturated rings. The molecule has 21 nitrogen and oxygen atoms in total. The number of carbonyl (C=O) groups is 6. The number of nitrogens with zero attached hydrogens (tertiary/aromatic N) is 3. The SMILES string of the molecule is CN(C)Cc1ccoc1-c1ccc(O)c2c1C[C@H]1C[C@H]3[C@@H](N(C)C)C(=O)C(C(N)=O)=C(O)[C@@]3(O)C(=O)C1=C2O.CN(C)[C@@H]1C(=O)C(C(N)=O)=C(O)[C@@]2(O)C(=O)C3=C(O)c4c(O)ccc(-c5occc5CCC(C)(C)C)c4C[C@H]3C[C@@H]12. The fourth-order valence-electron chi connectivity index (χ4n) is 13.2. The van der Waals surface area contributed by atoms with Gasteiger partial charge in [-0.15, -0.1) is 0 Å². The highest BCUT2D eigenvalue weighted by atomic mass is 16.4. The fraction of sp³-hybridized carbons (Fsp3) is 0.424. The zero-order chi connectivity index (χ0) is 58.7. The van der Waals surface area contributed by atoms with E-state index in [4.69, 9.17) is 20.3 Å². The molecule has 0 radical (unpaired) electrons. The number of aliphatic hydroxyl groups excluding tert-OH is 4. The van der Waals surface area contributed by atoms with Gasteiger partial charge < -0.3 is 66.1 Å². The van der Waals surface area contributed by atoms with Crippen LogP contribution >= 0.6 is 0 Å². The van der Waals surface area contributed by atoms with E-state index in [0.29, 0.717) is 40.3 Å². The molecule has 0 aliphatic heterocycles. The van der Waals surface area contributed by atoms with E-state index in [0.717, 1.165) is 24.0 Å². The molecule has 21 heteroatoms. The minimum atomic E-state index is -2.67. The molecule has 2 amide bonds. The summed E-state index contributed by atoms with van der Waals surface area (Å²) in [6.45, 7) is 7.03. The van der Waals surface area contributed by atoms with Crippen molar-refractivity contribution in [2.24, 2.45) is 40.6 Å². The molecule has 10 rings (SSSR count). The number of phenolic OH excluding ortho intramolecular Hbond substituents is 2. The van der Waals surface area contributed by atoms with Gasteiger partial charge in [-0.25, -0.2) is 0 Å². The Hall–Kier alpha value is -7.82. The molecule has 4 aromatic rings. The second-order valence-electron chi connectivity index (χ2n) is 23.7. The number of phenols is 2. The van der Waals surface area contributed by atoms with Gasteiger partial charge in [-0.2, -0.15) is 0 Å². The number of hydrogen-bond acceptors (Lipinski definition) is 19. The standard InChI is InChI=1S/C31H36N2O8.C28H31N3O8/c1-30(2,3)10-8-14-9-11-41-26(14)16-6-7-19(34)21-17(16)12-15-13-18-23(33(4)5)25(36)22(29(32)39)28(38)31(18,40)27(37)20(15)24(21)35;1-30(2)11-12-7-8-39-24(12)14-5-6-17(32)19-15(14)9-13-10-16-21(31(3)4)23(34)20(27(29)37)26(36)28(16,38)25(35)18(13)22(19)33/h6-7,9,11,15,18,23,34-35,38,40H,8,10,12-13H2,1-5H3,(H2,32,39);5-8,13,16,21,32-33,36,38H,9-11H2,1-4H3,(H2,29,37)/t15-,18-,23-,31-;13-,16-,21+,28-/m00/s1. The van der Waals surface area contributed by atoms with Gasteiger partial charge in [0.05, 0.1) is 35.7 Å². The number of rotatable bonds is 10. The topological polar surface area (TPSA) is 352 Å². The number of aryl methyl sites for hydroxylation is 1. The predicted octanol–water partition coefficient (Wildman–Crippen LogP) is 4.49. The van der Waals surface area contributed by atoms with Gasteiger partial charge in [-0.1, -0.05) is 20.8 Å². The van der Waals surface area contributed by atoms with Crippen LogP contribution < -0.4 is 11.5 Å². The maximum absolute atomic E-state index is 14.0. The summed E-state index contributed by atoms with van der Waals surface area (Å²) in [6.07, 6.45) is 5.22. The van der Waals surface area contributed by atoms with E-state index in [-0.39, 0.29) is 64.9 Å². The third-order valence-corrected chi connectivity index (χ3v) is 16.8. The van der Waals surface area contributed by atoms with E-state index >= 15 is 0 Å². The van der Waals surface area contributed by atoms with Crippen LogP contribution in [0.3, 0.4) is 0 Å². The molecule has 2 aromatic carbocycles. The van der Waals surface area contributed by atoms with Crippen molar-refractivity contribution in [3.05, 3.63) is 116 Å². The molecule has 0 bridgehead atoms. The van der Waals surface area contributed by atoms with E-state index < -0.39 is 116 Å². The first-order valence-corrected chi connectivity index (χ1v) is 26.2. The molecule has 6 aliphatic rings. The number of nitrogens with two attached hydrogens (primary N) is 2. The smallest absolute Gasteiger partial charge is 0.255 e. The Morgan fingerprint density at radius 1 is 0.613 bits per heavy atom. The Balaban J connectivity index is 0.000000194. The number of furan rings is 2. The summed E-state index contributed by atoms with van der Waals surface area (Å²) in [5, 5.41) is 89.9. The van der Waals surface area contributed by atoms with Crippen molar-refractivity contribution >= 4 is 46.5 Å². The molecular weight excluding hydrogens is 1030 g/mol. The van der Waals surface area contributed by atoms with Crippen LogP contribution in [0.1, 0.15) is 73.4 Å². The number of ketones is 4. The van der Waals surface area contributed by atoms with Crippen molar-refractivity contribution in [2.75, 3.05) is 42.3 Å². The number of primary amides is 2. The van der Waals surface area contributed by atoms with Gasteiger partial charge in [0.15, 0.2) is 22.8 Å². The number of hydrogen-bond donors (Lipinski definition) is 10. The van der Waals surface area contributed by atoms with Gasteiger partial charge in [0.1, 0.15) is 57.2 Å². The highest BCUT2D eigenvalue weighted by Crippen LogP contribution is 2.56. The van der Waals surface area contributed by atoms with Crippen molar-refractivity contribution in [1.82, 2.24) is 14.7 Å². The maximum Gasteiger partial charge on any atom is 0.255 e. The van der Waals surface area contributed by atoms with Gasteiger partial charge in [0, 0.05) is 46.2 Å². The summed E-state index contributed by atoms with van der Waals surface area (Å²) in [6, 6.07) is 7.67. The zero-order valence-electron chi connectivity index (χ0n) is 45.9. The summed E-state index contributed by atoms with van der Waals surface area (Å²) in [5.41, 5.74) is 7.77. The highest BCUT2D eigenvalue weighted by Gasteiger charge is 2.66. The van der Waals surface area contributed by atoms with E-state index in [1.165, 1.54) is 21.9 Å². The van der Waals surface area contributed by atoms with Crippen LogP contribution in [0.25, 0.3) is 34.2 Å². The number of amides is 2. The molecule has 8 atom stereocenters. The number of benzene rings is 2. The molecular formula is C59H67N5O16. The summed E-state index contributed by atoms with van der Waals surface area (Å²) < 4.78 is 11.7. The van der Waals surface area contributed by atoms with Crippen LogP contribution in [-0.4, -0.2) is 156 Å². The number of fused-ring (bicyclic) bond motifs is 6. The first-order valence-electron chi connectivity index (χ1n) is 26.2. The highest BCUT2D eigenvalue weighted by molar-refractivity contribution is 6.25. The molecule has 0 unspecified atom stereocenters. The van der Waals surface area contributed by atoms with E-state index in [9.17, 15) is 69.6 Å². The monoisotopic (exact) mass is 1100 g/mol. The number of aromatic hydroxyl groups is 2. The van der Waals surface area contributed by atoms with Gasteiger partial charge in [-0.05, 0) is 151 Å². The second kappa shape index (κ2) is 20.1. The Bertz CT molecular complexity index is 3470. The number of likely N-dealkylation sites (N-methyl/N-ethyl adjacent to an activating group) is 2. The Morgan fingerprint density at radius 3 is 1.36 bits per heavy atom. The van der Waals surface area contributed by atoms with Crippen molar-refractivity contribution in [3.63, 3.8) is 0 Å². The minimum absolute atomic E-state index is 0.0174. The molecule has 2 heterocycles. The number of aliphatic hydroxyl groups is 6. The van der Waals surface area contributed by atoms with Crippen molar-refractivity contribution in [1.29, 1.82) is 0 Å². The van der Waals surface area contributed by atoms with Crippen molar-refractivity contribution < 1.29 is 78.5 Å². The Labute approximate surface area is 460 Å². The lowest BCUT2D eigenvalue weighted by Crippen LogP contribution is -2.65. The third kappa shape index (κ3) is 8.73. The Kier molecular flexibility index (Phi) is 14.3. The van der Waals surface area contributed by atoms with Gasteiger partial charge in [0.25, 0.3) is 11.8 Å². The Morgan fingerprint density at radius 2 is 1.00 bits per heavy atom. The van der Waals surface area contributed by atoms with Crippen LogP contribution in [-0.2, 0) is 54.6 Å². The summed E-state index contributed by atoms with van der Waals surface area (Å²) in [4.78, 5) is 83.6. The van der Waals surface area contributed by atoms with Crippen LogP contribution in [0.15, 0.2) is 91.6 Å². The van der Waals surface area contributed by atoms with E-state index in [1.807, 2.05) is 31.1 Å². The lowest BCUT2D eigenvalue weighted by Gasteiger charge is -2.50. The zero-order valence-corrected chi connectivity index (χ0v) is 45.9. The molecule has 2 saturated carbocycles. The lowest BCUT2D eigenvalue weighted by atomic mass is 9.57. The summed E-state index contributed by atoms with van der Waals surface area (Å²) in [7, 11) is 10.1. The molecule has 424 valence electrons. The number of carbonyl (C=O) groups excluding carboxylic acids is 6. The third-order valence-electron chi connectivity index (χ3n) is 16.8. The molecule has 0 spiro atoms. The second-order valence-corrected chi connectivity index (χ2v) is 23.7. The summed E-state index contributed by atoms with van der Waals surface area (Å²) in [5.74, 6) is -12.4. The van der Waals surface area contributed by atoms with E-state index in [1.54, 1.807) is 52.8 Å². The average Bonchev–Trinajstić information content (AvgIpc) is 4.10. The molecule has 2 aromatic heterocycles. The molecule has 0 saturated heterocycles. The van der Waals surface area contributed by atoms with E-state index in [2.05, 4.69) is 20.8 Å². The van der Waals surface area contributed by atoms with Crippen LogP contribution in [0.2, 0.25) is 0 Å². The largest absolute Gasteiger partial charge is 0.508 e. The summed E-state index contributed by atoms with van der Waals surface area (Å²) >= 11 is 0. The predicted molar refractivity (Wildman–Crippen MR) is 289 cm³/mol. The quantitative estimate of drug-likeness (QED) is 0.0978. The normalized spacial score (nSPS) is 26.5. The van der Waals surface area contributed by atoms with Crippen LogP contribution in [0.5, 0.6) is 11.5 Å². The average molecular weight is 1100 g/mol. The van der Waals surface area contributed by atoms with Crippen molar-refractivity contribution in [3.8, 4) is 34.1 Å². The molecule has 12 N–H and O–H groups in total. The lowest BCUT2D eigenvalue weighted by molar-refractivity contribution is -0.155. The van der Waals surface area contributed by atoms with Crippen LogP contribution in [0, 0.1) is 29.1 Å². The van der Waals surface area contributed by atoms with Gasteiger partial charge >= 0.3 is 0 Å². The van der Waals surface area contributed by atoms with Gasteiger partial charge in [-0.3, -0.25) is 38.6 Å². The first kappa shape index (κ1) is 56.9. The minimum Gasteiger partial charge on any atom is -0.508 e. The van der Waals surface area contributed by atoms with Crippen LogP contribution in [0.4, 0.5) is 0 Å². The first-order chi connectivity index (χ1) is 37.4. The molecule has 6 aliphatic carbocycles.